The number of hydrogen-bond donors (Lipinski definition) is 1. The predicted molar refractivity (Wildman–Crippen MR) is 112 cm³/mol. The van der Waals surface area contributed by atoms with Gasteiger partial charge < -0.3 is 25.2 Å². The highest BCUT2D eigenvalue weighted by Crippen LogP contribution is 2.18. The smallest absolute Gasteiger partial charge is 0.191 e. The van der Waals surface area contributed by atoms with E-state index >= 15 is 0 Å². The van der Waals surface area contributed by atoms with Gasteiger partial charge in [-0.3, -0.25) is 4.99 Å². The van der Waals surface area contributed by atoms with Crippen molar-refractivity contribution in [1.29, 1.82) is 0 Å². The van der Waals surface area contributed by atoms with E-state index < -0.39 is 0 Å². The molecule has 1 aliphatic rings. The molecule has 0 atom stereocenters. The molecule has 0 unspecified atom stereocenters. The number of piperazine rings is 1. The maximum absolute atomic E-state index is 6.12. The van der Waals surface area contributed by atoms with Crippen molar-refractivity contribution in [1.82, 2.24) is 14.8 Å². The van der Waals surface area contributed by atoms with Crippen LogP contribution in [0.4, 0.5) is 5.13 Å². The molecule has 0 aliphatic carbocycles. The number of nitrogens with zero attached hydrogens (tertiary/aromatic N) is 5. The number of likely N-dealkylation sites (N-methyl/N-ethyl adjacent to an activating group) is 1. The van der Waals surface area contributed by atoms with E-state index in [-0.39, 0.29) is 24.0 Å². The van der Waals surface area contributed by atoms with Gasteiger partial charge in [-0.25, -0.2) is 4.98 Å². The lowest BCUT2D eigenvalue weighted by molar-refractivity contribution is 0.161. The molecule has 2 rings (SSSR count). The van der Waals surface area contributed by atoms with Crippen LogP contribution in [0.2, 0.25) is 0 Å². The number of rotatable bonds is 8. The molecule has 2 N–H and O–H groups in total. The number of nitrogens with two attached hydrogens (primary N) is 1. The van der Waals surface area contributed by atoms with E-state index in [1.807, 2.05) is 11.6 Å². The summed E-state index contributed by atoms with van der Waals surface area (Å²) in [7, 11) is 3.83. The molecule has 0 bridgehead atoms. The highest BCUT2D eigenvalue weighted by molar-refractivity contribution is 14.0. The Morgan fingerprint density at radius 3 is 2.75 bits per heavy atom. The molecule has 7 nitrogen and oxygen atoms in total. The minimum absolute atomic E-state index is 0. The van der Waals surface area contributed by atoms with Crippen molar-refractivity contribution in [2.75, 3.05) is 71.5 Å². The summed E-state index contributed by atoms with van der Waals surface area (Å²) in [5, 5.41) is 3.11. The van der Waals surface area contributed by atoms with E-state index in [4.69, 9.17) is 10.5 Å². The van der Waals surface area contributed by atoms with Crippen LogP contribution in [0.1, 0.15) is 6.42 Å². The first kappa shape index (κ1) is 21.4. The Bertz CT molecular complexity index is 465. The van der Waals surface area contributed by atoms with E-state index in [1.54, 1.807) is 18.4 Å². The molecule has 1 aromatic rings. The van der Waals surface area contributed by atoms with Gasteiger partial charge in [0.05, 0.1) is 6.61 Å². The van der Waals surface area contributed by atoms with Crippen LogP contribution in [0.25, 0.3) is 0 Å². The number of aliphatic imine (C=N–C) groups is 1. The van der Waals surface area contributed by atoms with Crippen LogP contribution in [0.3, 0.4) is 0 Å². The zero-order chi connectivity index (χ0) is 16.5. The molecule has 1 saturated heterocycles. The number of halogens is 1. The van der Waals surface area contributed by atoms with Gasteiger partial charge in [-0.15, -0.1) is 35.3 Å². The van der Waals surface area contributed by atoms with E-state index in [1.165, 1.54) is 0 Å². The second-order valence-electron chi connectivity index (χ2n) is 5.68. The number of thiazole rings is 1. The SMILES string of the molecule is COCCN(C)CCCN=C(N)N1CCN(c2nccs2)CC1.I. The summed E-state index contributed by atoms with van der Waals surface area (Å²) in [5.74, 6) is 0.670. The third-order valence-corrected chi connectivity index (χ3v) is 4.77. The second kappa shape index (κ2) is 11.8. The minimum atomic E-state index is 0. The predicted octanol–water partition coefficient (Wildman–Crippen LogP) is 1.17. The number of guanidine groups is 1. The molecule has 0 amide bonds. The summed E-state index contributed by atoms with van der Waals surface area (Å²) in [6.45, 7) is 7.21. The highest BCUT2D eigenvalue weighted by Gasteiger charge is 2.19. The Morgan fingerprint density at radius 1 is 1.38 bits per heavy atom. The standard InChI is InChI=1S/C15H28N6OS.HI/c1-19(11-12-22-2)6-3-4-17-14(16)20-7-9-21(10-8-20)15-18-5-13-23-15;/h5,13H,3-4,6-12H2,1-2H3,(H2,16,17);1H. The van der Waals surface area contributed by atoms with E-state index in [2.05, 4.69) is 31.7 Å². The molecule has 1 fully saturated rings. The largest absolute Gasteiger partial charge is 0.383 e. The Labute approximate surface area is 165 Å². The molecule has 0 spiro atoms. The second-order valence-corrected chi connectivity index (χ2v) is 6.55. The fourth-order valence-electron chi connectivity index (χ4n) is 2.49. The number of hydrogen-bond acceptors (Lipinski definition) is 6. The van der Waals surface area contributed by atoms with Crippen molar-refractivity contribution in [3.8, 4) is 0 Å². The third-order valence-electron chi connectivity index (χ3n) is 3.94. The lowest BCUT2D eigenvalue weighted by Gasteiger charge is -2.35. The van der Waals surface area contributed by atoms with Crippen molar-refractivity contribution in [3.05, 3.63) is 11.6 Å². The molecule has 24 heavy (non-hydrogen) atoms. The van der Waals surface area contributed by atoms with Gasteiger partial charge >= 0.3 is 0 Å². The van der Waals surface area contributed by atoms with Crippen LogP contribution < -0.4 is 10.6 Å². The van der Waals surface area contributed by atoms with Crippen LogP contribution in [0.5, 0.6) is 0 Å². The molecule has 0 aromatic carbocycles. The average molecular weight is 468 g/mol. The first-order valence-corrected chi connectivity index (χ1v) is 8.95. The zero-order valence-corrected chi connectivity index (χ0v) is 17.7. The Hall–Kier alpha value is -0.650. The first-order valence-electron chi connectivity index (χ1n) is 8.07. The van der Waals surface area contributed by atoms with Gasteiger partial charge in [0.2, 0.25) is 0 Å². The summed E-state index contributed by atoms with van der Waals surface area (Å²) in [6, 6.07) is 0. The molecule has 1 aromatic heterocycles. The number of methoxy groups -OCH3 is 1. The summed E-state index contributed by atoms with van der Waals surface area (Å²) in [5.41, 5.74) is 6.12. The Balaban J connectivity index is 0.00000288. The monoisotopic (exact) mass is 468 g/mol. The van der Waals surface area contributed by atoms with Crippen molar-refractivity contribution in [2.45, 2.75) is 6.42 Å². The summed E-state index contributed by atoms with van der Waals surface area (Å²) >= 11 is 1.69. The molecular formula is C15H29IN6OS. The Morgan fingerprint density at radius 2 is 2.12 bits per heavy atom. The molecule has 138 valence electrons. The van der Waals surface area contributed by atoms with E-state index in [0.29, 0.717) is 5.96 Å². The van der Waals surface area contributed by atoms with Crippen LogP contribution in [0.15, 0.2) is 16.6 Å². The maximum Gasteiger partial charge on any atom is 0.191 e. The van der Waals surface area contributed by atoms with Gasteiger partial charge in [-0.2, -0.15) is 0 Å². The summed E-state index contributed by atoms with van der Waals surface area (Å²) in [6.07, 6.45) is 2.87. The normalized spacial score (nSPS) is 15.7. The van der Waals surface area contributed by atoms with Crippen LogP contribution >= 0.6 is 35.3 Å². The summed E-state index contributed by atoms with van der Waals surface area (Å²) in [4.78, 5) is 15.6. The molecular weight excluding hydrogens is 439 g/mol. The lowest BCUT2D eigenvalue weighted by atomic mass is 10.3. The van der Waals surface area contributed by atoms with Crippen LogP contribution in [0, 0.1) is 0 Å². The first-order chi connectivity index (χ1) is 11.2. The molecule has 1 aliphatic heterocycles. The summed E-state index contributed by atoms with van der Waals surface area (Å²) < 4.78 is 5.07. The van der Waals surface area contributed by atoms with E-state index in [9.17, 15) is 0 Å². The lowest BCUT2D eigenvalue weighted by Crippen LogP contribution is -2.51. The number of anilines is 1. The van der Waals surface area contributed by atoms with Crippen molar-refractivity contribution in [3.63, 3.8) is 0 Å². The molecule has 0 radical (unpaired) electrons. The van der Waals surface area contributed by atoms with E-state index in [0.717, 1.165) is 64.0 Å². The molecule has 0 saturated carbocycles. The minimum Gasteiger partial charge on any atom is -0.383 e. The van der Waals surface area contributed by atoms with Crippen LogP contribution in [-0.4, -0.2) is 87.3 Å². The maximum atomic E-state index is 6.12. The fraction of sp³-hybridized carbons (Fsp3) is 0.733. The molecule has 2 heterocycles. The van der Waals surface area contributed by atoms with Gasteiger partial charge in [-0.05, 0) is 20.0 Å². The average Bonchev–Trinajstić information content (AvgIpc) is 3.11. The van der Waals surface area contributed by atoms with Gasteiger partial charge in [0.25, 0.3) is 0 Å². The zero-order valence-electron chi connectivity index (χ0n) is 14.6. The quantitative estimate of drug-likeness (QED) is 0.267. The van der Waals surface area contributed by atoms with Gasteiger partial charge in [0, 0.05) is 58.0 Å². The van der Waals surface area contributed by atoms with Gasteiger partial charge in [0.15, 0.2) is 11.1 Å². The number of ether oxygens (including phenoxy) is 1. The van der Waals surface area contributed by atoms with Crippen molar-refractivity contribution in [2.24, 2.45) is 10.7 Å². The number of aromatic nitrogens is 1. The van der Waals surface area contributed by atoms with Crippen molar-refractivity contribution < 1.29 is 4.74 Å². The third kappa shape index (κ3) is 7.08. The Kier molecular flexibility index (Phi) is 10.5. The van der Waals surface area contributed by atoms with Crippen LogP contribution in [-0.2, 0) is 4.74 Å². The van der Waals surface area contributed by atoms with Crippen molar-refractivity contribution >= 4 is 46.4 Å². The topological polar surface area (TPSA) is 70.2 Å². The highest BCUT2D eigenvalue weighted by atomic mass is 127. The fourth-order valence-corrected chi connectivity index (χ4v) is 3.19. The van der Waals surface area contributed by atoms with Gasteiger partial charge in [-0.1, -0.05) is 0 Å². The molecule has 9 heteroatoms. The van der Waals surface area contributed by atoms with Gasteiger partial charge in [0.1, 0.15) is 0 Å².